The number of rotatable bonds is 5. The van der Waals surface area contributed by atoms with Gasteiger partial charge < -0.3 is 5.73 Å². The van der Waals surface area contributed by atoms with Gasteiger partial charge in [0.1, 0.15) is 12.4 Å². The quantitative estimate of drug-likeness (QED) is 0.443. The maximum Gasteiger partial charge on any atom is 0.240 e. The molecule has 0 atom stereocenters. The summed E-state index contributed by atoms with van der Waals surface area (Å²) in [6.45, 7) is 0.0797. The first-order chi connectivity index (χ1) is 15.1. The summed E-state index contributed by atoms with van der Waals surface area (Å²) in [5.74, 6) is -0.289. The second-order valence-electron chi connectivity index (χ2n) is 7.07. The lowest BCUT2D eigenvalue weighted by molar-refractivity contribution is 0.0967. The zero-order chi connectivity index (χ0) is 21.4. The predicted octanol–water partition coefficient (Wildman–Crippen LogP) is 3.86. The Balaban J connectivity index is 1.45. The fourth-order valence-corrected chi connectivity index (χ4v) is 3.50. The number of nitrogens with zero attached hydrogens (tertiary/aromatic N) is 5. The number of ketones is 1. The summed E-state index contributed by atoms with van der Waals surface area (Å²) in [6.07, 6.45) is 4.92. The van der Waals surface area contributed by atoms with Gasteiger partial charge in [-0.15, -0.1) is 5.10 Å². The first-order valence-corrected chi connectivity index (χ1v) is 9.60. The van der Waals surface area contributed by atoms with Crippen molar-refractivity contribution in [2.45, 2.75) is 6.54 Å². The highest BCUT2D eigenvalue weighted by molar-refractivity contribution is 5.95. The number of aromatic nitrogens is 5. The number of fused-ring (bicyclic) bond motifs is 1. The van der Waals surface area contributed by atoms with Crippen molar-refractivity contribution in [1.29, 1.82) is 0 Å². The van der Waals surface area contributed by atoms with E-state index in [1.807, 2.05) is 18.2 Å². The Morgan fingerprint density at radius 3 is 2.58 bits per heavy atom. The van der Waals surface area contributed by atoms with Crippen molar-refractivity contribution in [2.75, 3.05) is 5.73 Å². The average Bonchev–Trinajstić information content (AvgIpc) is 3.39. The van der Waals surface area contributed by atoms with Crippen LogP contribution in [0.5, 0.6) is 0 Å². The van der Waals surface area contributed by atoms with Crippen LogP contribution < -0.4 is 5.73 Å². The number of carbonyl (C=O) groups excluding carboxylic acids is 1. The molecule has 152 valence electrons. The van der Waals surface area contributed by atoms with Crippen molar-refractivity contribution in [3.05, 3.63) is 90.6 Å². The molecular formula is C23H17FN6O. The number of Topliss-reactive ketones (excluding diaryl/α,β-unsaturated/α-hetero) is 1. The van der Waals surface area contributed by atoms with Gasteiger partial charge in [-0.2, -0.15) is 10.1 Å². The number of benzene rings is 2. The molecule has 0 saturated heterocycles. The van der Waals surface area contributed by atoms with E-state index in [4.69, 9.17) is 5.73 Å². The second kappa shape index (κ2) is 7.49. The molecule has 0 unspecified atom stereocenters. The van der Waals surface area contributed by atoms with Crippen molar-refractivity contribution in [3.63, 3.8) is 0 Å². The molecule has 0 aliphatic heterocycles. The Kier molecular flexibility index (Phi) is 4.51. The van der Waals surface area contributed by atoms with Gasteiger partial charge in [-0.3, -0.25) is 9.48 Å². The van der Waals surface area contributed by atoms with Crippen LogP contribution in [-0.4, -0.2) is 30.2 Å². The molecule has 3 aromatic heterocycles. The van der Waals surface area contributed by atoms with Crippen LogP contribution in [-0.2, 0) is 6.54 Å². The summed E-state index contributed by atoms with van der Waals surface area (Å²) < 4.78 is 18.5. The van der Waals surface area contributed by atoms with Gasteiger partial charge in [-0.05, 0) is 17.7 Å². The summed E-state index contributed by atoms with van der Waals surface area (Å²) >= 11 is 0. The molecule has 0 saturated carbocycles. The molecule has 5 rings (SSSR count). The molecule has 0 amide bonds. The topological polar surface area (TPSA) is 91.1 Å². The third kappa shape index (κ3) is 3.55. The molecule has 0 fully saturated rings. The van der Waals surface area contributed by atoms with E-state index in [1.165, 1.54) is 9.20 Å². The van der Waals surface area contributed by atoms with Crippen LogP contribution in [0.1, 0.15) is 10.4 Å². The first-order valence-electron chi connectivity index (χ1n) is 9.60. The molecule has 0 radical (unpaired) electrons. The van der Waals surface area contributed by atoms with Crippen LogP contribution in [0.2, 0.25) is 0 Å². The summed E-state index contributed by atoms with van der Waals surface area (Å²) in [6, 6.07) is 17.7. The molecule has 0 bridgehead atoms. The fourth-order valence-electron chi connectivity index (χ4n) is 3.50. The Morgan fingerprint density at radius 2 is 1.77 bits per heavy atom. The molecule has 3 heterocycles. The van der Waals surface area contributed by atoms with Gasteiger partial charge in [-0.25, -0.2) is 8.91 Å². The Hall–Kier alpha value is -4.33. The Bertz CT molecular complexity index is 1410. The molecule has 0 spiro atoms. The molecule has 0 aliphatic rings. The monoisotopic (exact) mass is 412 g/mol. The summed E-state index contributed by atoms with van der Waals surface area (Å²) in [4.78, 5) is 16.5. The van der Waals surface area contributed by atoms with E-state index in [1.54, 1.807) is 61.1 Å². The summed E-state index contributed by atoms with van der Waals surface area (Å²) in [7, 11) is 0. The predicted molar refractivity (Wildman–Crippen MR) is 115 cm³/mol. The molecular weight excluding hydrogens is 395 g/mol. The van der Waals surface area contributed by atoms with Gasteiger partial charge in [0, 0.05) is 34.6 Å². The SMILES string of the molecule is Nc1nc2cc(-c3cccc(-c4cnn(CC(=O)c5ccccc5)c4)c3F)ccn2n1. The maximum atomic E-state index is 15.4. The minimum Gasteiger partial charge on any atom is -0.366 e. The Morgan fingerprint density at radius 1 is 1.00 bits per heavy atom. The highest BCUT2D eigenvalue weighted by Gasteiger charge is 2.15. The van der Waals surface area contributed by atoms with Gasteiger partial charge in [0.15, 0.2) is 11.4 Å². The number of hydrogen-bond acceptors (Lipinski definition) is 5. The van der Waals surface area contributed by atoms with Crippen molar-refractivity contribution in [2.24, 2.45) is 0 Å². The van der Waals surface area contributed by atoms with Gasteiger partial charge in [0.25, 0.3) is 0 Å². The lowest BCUT2D eigenvalue weighted by Crippen LogP contribution is -2.10. The van der Waals surface area contributed by atoms with Crippen molar-refractivity contribution >= 4 is 17.4 Å². The highest BCUT2D eigenvalue weighted by Crippen LogP contribution is 2.31. The normalized spacial score (nSPS) is 11.1. The van der Waals surface area contributed by atoms with Crippen LogP contribution in [0, 0.1) is 5.82 Å². The second-order valence-corrected chi connectivity index (χ2v) is 7.07. The summed E-state index contributed by atoms with van der Waals surface area (Å²) in [5.41, 5.74) is 8.85. The number of anilines is 1. The molecule has 8 heteroatoms. The third-order valence-corrected chi connectivity index (χ3v) is 5.01. The largest absolute Gasteiger partial charge is 0.366 e. The van der Waals surface area contributed by atoms with Crippen LogP contribution in [0.25, 0.3) is 27.9 Å². The van der Waals surface area contributed by atoms with Gasteiger partial charge in [0.2, 0.25) is 5.95 Å². The van der Waals surface area contributed by atoms with E-state index >= 15 is 4.39 Å². The van der Waals surface area contributed by atoms with Gasteiger partial charge in [-0.1, -0.05) is 48.5 Å². The number of nitrogens with two attached hydrogens (primary N) is 1. The summed E-state index contributed by atoms with van der Waals surface area (Å²) in [5, 5.41) is 8.27. The number of hydrogen-bond donors (Lipinski definition) is 1. The zero-order valence-electron chi connectivity index (χ0n) is 16.3. The number of carbonyl (C=O) groups is 1. The average molecular weight is 412 g/mol. The van der Waals surface area contributed by atoms with E-state index in [0.717, 1.165) is 0 Å². The van der Waals surface area contributed by atoms with Crippen molar-refractivity contribution in [1.82, 2.24) is 24.4 Å². The maximum absolute atomic E-state index is 15.4. The van der Waals surface area contributed by atoms with Crippen molar-refractivity contribution in [3.8, 4) is 22.3 Å². The fraction of sp³-hybridized carbons (Fsp3) is 0.0435. The lowest BCUT2D eigenvalue weighted by atomic mass is 10.0. The number of nitrogen functional groups attached to an aromatic ring is 1. The van der Waals surface area contributed by atoms with Crippen LogP contribution >= 0.6 is 0 Å². The number of pyridine rings is 1. The standard InChI is InChI=1S/C23H17FN6O/c24-22-18(16-9-10-30-21(11-16)27-23(25)28-30)7-4-8-19(22)17-12-26-29(13-17)14-20(31)15-5-2-1-3-6-15/h1-13H,14H2,(H2,25,28). The molecule has 5 aromatic rings. The minimum absolute atomic E-state index is 0.0645. The lowest BCUT2D eigenvalue weighted by Gasteiger charge is -2.08. The highest BCUT2D eigenvalue weighted by atomic mass is 19.1. The molecule has 0 aliphatic carbocycles. The van der Waals surface area contributed by atoms with E-state index < -0.39 is 0 Å². The first kappa shape index (κ1) is 18.7. The third-order valence-electron chi connectivity index (χ3n) is 5.01. The Labute approximate surface area is 176 Å². The van der Waals surface area contributed by atoms with Crippen LogP contribution in [0.4, 0.5) is 10.3 Å². The minimum atomic E-state index is -0.381. The van der Waals surface area contributed by atoms with Crippen LogP contribution in [0.15, 0.2) is 79.3 Å². The van der Waals surface area contributed by atoms with Crippen molar-refractivity contribution < 1.29 is 9.18 Å². The van der Waals surface area contributed by atoms with Crippen LogP contribution in [0.3, 0.4) is 0 Å². The van der Waals surface area contributed by atoms with E-state index in [-0.39, 0.29) is 24.1 Å². The van der Waals surface area contributed by atoms with Gasteiger partial charge in [0.05, 0.1) is 6.20 Å². The molecule has 2 N–H and O–H groups in total. The molecule has 2 aromatic carbocycles. The van der Waals surface area contributed by atoms with E-state index in [2.05, 4.69) is 15.2 Å². The zero-order valence-corrected chi connectivity index (χ0v) is 16.3. The molecule has 7 nitrogen and oxygen atoms in total. The molecule has 31 heavy (non-hydrogen) atoms. The van der Waals surface area contributed by atoms with E-state index in [0.29, 0.717) is 33.5 Å². The van der Waals surface area contributed by atoms with E-state index in [9.17, 15) is 4.79 Å². The smallest absolute Gasteiger partial charge is 0.240 e. The number of halogens is 1. The van der Waals surface area contributed by atoms with Gasteiger partial charge >= 0.3 is 0 Å².